The van der Waals surface area contributed by atoms with Gasteiger partial charge in [-0.3, -0.25) is 9.59 Å². The van der Waals surface area contributed by atoms with E-state index in [0.29, 0.717) is 5.56 Å². The monoisotopic (exact) mass is 373 g/mol. The lowest BCUT2D eigenvalue weighted by atomic mass is 9.85. The van der Waals surface area contributed by atoms with E-state index in [-0.39, 0.29) is 25.0 Å². The van der Waals surface area contributed by atoms with Crippen molar-refractivity contribution < 1.29 is 32.2 Å². The standard InChI is InChI=1S/C18H22F3NO4/c1-17(2,10-15(24)25-3)9-14(23)22-12-8-11-6-4-5-7-13(11)26-16(12)18(19,20)21/h4-7,12,16H,8-10H2,1-3H3,(H,22,23)/t12-,16-/m1/s1. The van der Waals surface area contributed by atoms with Crippen LogP contribution in [-0.2, 0) is 20.7 Å². The molecule has 26 heavy (non-hydrogen) atoms. The molecule has 0 bridgehead atoms. The molecule has 0 unspecified atom stereocenters. The predicted molar refractivity (Wildman–Crippen MR) is 87.6 cm³/mol. The zero-order valence-corrected chi connectivity index (χ0v) is 14.9. The van der Waals surface area contributed by atoms with E-state index in [1.54, 1.807) is 32.0 Å². The lowest BCUT2D eigenvalue weighted by Crippen LogP contribution is -2.56. The number of fused-ring (bicyclic) bond motifs is 1. The van der Waals surface area contributed by atoms with Gasteiger partial charge >= 0.3 is 12.1 Å². The van der Waals surface area contributed by atoms with Crippen LogP contribution in [0.1, 0.15) is 32.3 Å². The topological polar surface area (TPSA) is 64.6 Å². The second-order valence-electron chi connectivity index (χ2n) is 7.16. The Kier molecular flexibility index (Phi) is 5.83. The number of ether oxygens (including phenoxy) is 2. The van der Waals surface area contributed by atoms with Crippen molar-refractivity contribution in [2.75, 3.05) is 7.11 Å². The number of hydrogen-bond acceptors (Lipinski definition) is 4. The number of esters is 1. The normalized spacial score (nSPS) is 19.9. The fourth-order valence-electron chi connectivity index (χ4n) is 2.99. The van der Waals surface area contributed by atoms with Gasteiger partial charge in [0.05, 0.1) is 19.6 Å². The summed E-state index contributed by atoms with van der Waals surface area (Å²) in [7, 11) is 1.24. The van der Waals surface area contributed by atoms with Gasteiger partial charge < -0.3 is 14.8 Å². The predicted octanol–water partition coefficient (Wildman–Crippen LogP) is 3.02. The molecule has 1 aromatic carbocycles. The van der Waals surface area contributed by atoms with Crippen LogP contribution in [0.15, 0.2) is 24.3 Å². The zero-order chi connectivity index (χ0) is 19.5. The molecule has 1 aromatic rings. The summed E-state index contributed by atoms with van der Waals surface area (Å²) >= 11 is 0. The van der Waals surface area contributed by atoms with Crippen molar-refractivity contribution in [2.45, 2.75) is 51.4 Å². The highest BCUT2D eigenvalue weighted by atomic mass is 19.4. The summed E-state index contributed by atoms with van der Waals surface area (Å²) in [5.74, 6) is -0.877. The van der Waals surface area contributed by atoms with Crippen LogP contribution in [0, 0.1) is 5.41 Å². The van der Waals surface area contributed by atoms with Crippen molar-refractivity contribution >= 4 is 11.9 Å². The molecular formula is C18H22F3NO4. The number of benzene rings is 1. The molecule has 1 heterocycles. The number of halogens is 3. The van der Waals surface area contributed by atoms with Gasteiger partial charge in [-0.25, -0.2) is 0 Å². The second kappa shape index (κ2) is 7.55. The van der Waals surface area contributed by atoms with Gasteiger partial charge in [0.1, 0.15) is 5.75 Å². The minimum Gasteiger partial charge on any atom is -0.478 e. The molecule has 1 N–H and O–H groups in total. The van der Waals surface area contributed by atoms with Crippen molar-refractivity contribution in [3.8, 4) is 5.75 Å². The first-order valence-electron chi connectivity index (χ1n) is 8.19. The first-order valence-corrected chi connectivity index (χ1v) is 8.19. The number of alkyl halides is 3. The first-order chi connectivity index (χ1) is 12.0. The number of para-hydroxylation sites is 1. The lowest BCUT2D eigenvalue weighted by Gasteiger charge is -2.35. The van der Waals surface area contributed by atoms with E-state index >= 15 is 0 Å². The van der Waals surface area contributed by atoms with Crippen molar-refractivity contribution in [1.82, 2.24) is 5.32 Å². The summed E-state index contributed by atoms with van der Waals surface area (Å²) in [5.41, 5.74) is -0.134. The fraction of sp³-hybridized carbons (Fsp3) is 0.556. The summed E-state index contributed by atoms with van der Waals surface area (Å²) in [5, 5.41) is 2.43. The molecule has 5 nitrogen and oxygen atoms in total. The van der Waals surface area contributed by atoms with Crippen LogP contribution in [0.3, 0.4) is 0 Å². The Morgan fingerprint density at radius 2 is 1.88 bits per heavy atom. The molecule has 1 aliphatic heterocycles. The number of hydrogen-bond donors (Lipinski definition) is 1. The number of carbonyl (C=O) groups excluding carboxylic acids is 2. The van der Waals surface area contributed by atoms with Crippen LogP contribution in [0.5, 0.6) is 5.75 Å². The molecule has 0 radical (unpaired) electrons. The minimum absolute atomic E-state index is 0.0103. The third kappa shape index (κ3) is 5.12. The minimum atomic E-state index is -4.62. The molecule has 1 amide bonds. The van der Waals surface area contributed by atoms with Crippen LogP contribution >= 0.6 is 0 Å². The maximum atomic E-state index is 13.4. The molecule has 1 aliphatic rings. The van der Waals surface area contributed by atoms with Crippen LogP contribution in [-0.4, -0.2) is 37.3 Å². The van der Waals surface area contributed by atoms with Crippen LogP contribution in [0.25, 0.3) is 0 Å². The van der Waals surface area contributed by atoms with Gasteiger partial charge in [0.15, 0.2) is 0 Å². The summed E-state index contributed by atoms with van der Waals surface area (Å²) < 4.78 is 49.7. The summed E-state index contributed by atoms with van der Waals surface area (Å²) in [6.07, 6.45) is -6.84. The average molecular weight is 373 g/mol. The molecule has 0 saturated heterocycles. The third-order valence-electron chi connectivity index (χ3n) is 4.19. The van der Waals surface area contributed by atoms with Gasteiger partial charge in [-0.2, -0.15) is 13.2 Å². The smallest absolute Gasteiger partial charge is 0.427 e. The van der Waals surface area contributed by atoms with Gasteiger partial charge in [-0.1, -0.05) is 32.0 Å². The Hall–Kier alpha value is -2.25. The third-order valence-corrected chi connectivity index (χ3v) is 4.19. The van der Waals surface area contributed by atoms with Gasteiger partial charge in [0, 0.05) is 12.8 Å². The quantitative estimate of drug-likeness (QED) is 0.806. The molecule has 0 spiro atoms. The molecule has 8 heteroatoms. The number of carbonyl (C=O) groups is 2. The number of nitrogens with one attached hydrogen (secondary N) is 1. The average Bonchev–Trinajstić information content (AvgIpc) is 2.51. The van der Waals surface area contributed by atoms with E-state index in [1.165, 1.54) is 13.2 Å². The van der Waals surface area contributed by atoms with Crippen LogP contribution in [0.4, 0.5) is 13.2 Å². The van der Waals surface area contributed by atoms with E-state index in [0.717, 1.165) is 0 Å². The summed E-state index contributed by atoms with van der Waals surface area (Å²) in [6, 6.07) is 5.22. The van der Waals surface area contributed by atoms with E-state index in [2.05, 4.69) is 10.1 Å². The van der Waals surface area contributed by atoms with Crippen molar-refractivity contribution in [2.24, 2.45) is 5.41 Å². The maximum Gasteiger partial charge on any atom is 0.427 e. The summed E-state index contributed by atoms with van der Waals surface area (Å²) in [6.45, 7) is 3.36. The van der Waals surface area contributed by atoms with Gasteiger partial charge in [-0.15, -0.1) is 0 Å². The SMILES string of the molecule is COC(=O)CC(C)(C)CC(=O)N[C@@H]1Cc2ccccc2O[C@H]1C(F)(F)F. The molecule has 2 rings (SSSR count). The van der Waals surface area contributed by atoms with Crippen molar-refractivity contribution in [1.29, 1.82) is 0 Å². The molecule has 0 fully saturated rings. The highest BCUT2D eigenvalue weighted by Gasteiger charge is 2.49. The largest absolute Gasteiger partial charge is 0.478 e. The number of methoxy groups -OCH3 is 1. The van der Waals surface area contributed by atoms with Gasteiger partial charge in [0.2, 0.25) is 12.0 Å². The van der Waals surface area contributed by atoms with Crippen molar-refractivity contribution in [3.05, 3.63) is 29.8 Å². The Morgan fingerprint density at radius 1 is 1.23 bits per heavy atom. The highest BCUT2D eigenvalue weighted by Crippen LogP contribution is 2.35. The molecule has 144 valence electrons. The van der Waals surface area contributed by atoms with E-state index < -0.39 is 35.6 Å². The lowest BCUT2D eigenvalue weighted by molar-refractivity contribution is -0.206. The van der Waals surface area contributed by atoms with Crippen molar-refractivity contribution in [3.63, 3.8) is 0 Å². The molecular weight excluding hydrogens is 351 g/mol. The van der Waals surface area contributed by atoms with Crippen LogP contribution < -0.4 is 10.1 Å². The molecule has 2 atom stereocenters. The fourth-order valence-corrected chi connectivity index (χ4v) is 2.99. The molecule has 0 saturated carbocycles. The van der Waals surface area contributed by atoms with E-state index in [9.17, 15) is 22.8 Å². The Bertz CT molecular complexity index is 673. The summed E-state index contributed by atoms with van der Waals surface area (Å²) in [4.78, 5) is 23.7. The molecule has 0 aliphatic carbocycles. The zero-order valence-electron chi connectivity index (χ0n) is 14.9. The number of rotatable bonds is 5. The van der Waals surface area contributed by atoms with Crippen LogP contribution in [0.2, 0.25) is 0 Å². The first kappa shape index (κ1) is 20.1. The highest BCUT2D eigenvalue weighted by molar-refractivity contribution is 5.78. The van der Waals surface area contributed by atoms with Gasteiger partial charge in [-0.05, 0) is 17.0 Å². The Balaban J connectivity index is 2.10. The number of amides is 1. The van der Waals surface area contributed by atoms with E-state index in [1.807, 2.05) is 0 Å². The molecule has 0 aromatic heterocycles. The second-order valence-corrected chi connectivity index (χ2v) is 7.16. The van der Waals surface area contributed by atoms with E-state index in [4.69, 9.17) is 4.74 Å². The Labute approximate surface area is 149 Å². The Morgan fingerprint density at radius 3 is 2.50 bits per heavy atom. The maximum absolute atomic E-state index is 13.4. The van der Waals surface area contributed by atoms with Gasteiger partial charge in [0.25, 0.3) is 0 Å².